The van der Waals surface area contributed by atoms with Gasteiger partial charge in [0.05, 0.1) is 0 Å². The molecule has 0 saturated carbocycles. The maximum Gasteiger partial charge on any atom is 0.332 e. The molecule has 2 rings (SSSR count). The standard InChI is InChI=1S/C16H18ClNO3/c17-12-7-5-11(6-8-12)9-10-18-15(19)13-3-1-2-4-14(13)16(20)21/h5-8H,1-4,9-10H2,(H,18,19)(H,20,21). The Morgan fingerprint density at radius 3 is 2.33 bits per heavy atom. The zero-order chi connectivity index (χ0) is 15.2. The van der Waals surface area contributed by atoms with Gasteiger partial charge in [-0.15, -0.1) is 0 Å². The van der Waals surface area contributed by atoms with Gasteiger partial charge in [0.2, 0.25) is 5.91 Å². The molecule has 1 aromatic carbocycles. The van der Waals surface area contributed by atoms with Crippen LogP contribution in [0.25, 0.3) is 0 Å². The Bertz CT molecular complexity index is 563. The van der Waals surface area contributed by atoms with Gasteiger partial charge in [0, 0.05) is 22.7 Å². The van der Waals surface area contributed by atoms with Gasteiger partial charge in [0.25, 0.3) is 0 Å². The molecule has 0 aromatic heterocycles. The number of carbonyl (C=O) groups excluding carboxylic acids is 1. The first-order valence-corrected chi connectivity index (χ1v) is 7.43. The summed E-state index contributed by atoms with van der Waals surface area (Å²) in [6.07, 6.45) is 3.43. The zero-order valence-electron chi connectivity index (χ0n) is 11.7. The van der Waals surface area contributed by atoms with E-state index in [1.54, 1.807) is 0 Å². The highest BCUT2D eigenvalue weighted by molar-refractivity contribution is 6.30. The van der Waals surface area contributed by atoms with Crippen LogP contribution in [-0.4, -0.2) is 23.5 Å². The van der Waals surface area contributed by atoms with Gasteiger partial charge in [-0.1, -0.05) is 23.7 Å². The lowest BCUT2D eigenvalue weighted by atomic mass is 9.91. The monoisotopic (exact) mass is 307 g/mol. The summed E-state index contributed by atoms with van der Waals surface area (Å²) in [6, 6.07) is 7.45. The zero-order valence-corrected chi connectivity index (χ0v) is 12.4. The van der Waals surface area contributed by atoms with Crippen LogP contribution in [0.5, 0.6) is 0 Å². The minimum atomic E-state index is -0.974. The van der Waals surface area contributed by atoms with Gasteiger partial charge < -0.3 is 10.4 Å². The van der Waals surface area contributed by atoms with E-state index in [0.717, 1.165) is 18.4 Å². The van der Waals surface area contributed by atoms with Crippen molar-refractivity contribution in [2.24, 2.45) is 0 Å². The third-order valence-corrected chi connectivity index (χ3v) is 3.86. The van der Waals surface area contributed by atoms with Crippen molar-refractivity contribution in [3.63, 3.8) is 0 Å². The van der Waals surface area contributed by atoms with E-state index in [-0.39, 0.29) is 11.5 Å². The van der Waals surface area contributed by atoms with Crippen LogP contribution in [0, 0.1) is 0 Å². The Labute approximate surface area is 128 Å². The van der Waals surface area contributed by atoms with Crippen molar-refractivity contribution < 1.29 is 14.7 Å². The summed E-state index contributed by atoms with van der Waals surface area (Å²) in [6.45, 7) is 0.483. The van der Waals surface area contributed by atoms with E-state index in [4.69, 9.17) is 16.7 Å². The molecule has 1 aliphatic rings. The van der Waals surface area contributed by atoms with Crippen molar-refractivity contribution in [1.29, 1.82) is 0 Å². The number of carbonyl (C=O) groups is 2. The van der Waals surface area contributed by atoms with Crippen molar-refractivity contribution in [2.45, 2.75) is 32.1 Å². The molecular weight excluding hydrogens is 290 g/mol. The molecule has 4 nitrogen and oxygen atoms in total. The highest BCUT2D eigenvalue weighted by Gasteiger charge is 2.23. The Kier molecular flexibility index (Phi) is 5.39. The van der Waals surface area contributed by atoms with Crippen LogP contribution in [0.4, 0.5) is 0 Å². The summed E-state index contributed by atoms with van der Waals surface area (Å²) in [5.41, 5.74) is 1.78. The van der Waals surface area contributed by atoms with Gasteiger partial charge in [-0.05, 0) is 49.8 Å². The summed E-state index contributed by atoms with van der Waals surface area (Å²) >= 11 is 5.81. The number of rotatable bonds is 5. The Balaban J connectivity index is 1.92. The van der Waals surface area contributed by atoms with Crippen LogP contribution >= 0.6 is 11.6 Å². The Morgan fingerprint density at radius 1 is 1.10 bits per heavy atom. The van der Waals surface area contributed by atoms with E-state index >= 15 is 0 Å². The van der Waals surface area contributed by atoms with Crippen molar-refractivity contribution in [1.82, 2.24) is 5.32 Å². The molecule has 0 saturated heterocycles. The first-order chi connectivity index (χ1) is 10.1. The summed E-state index contributed by atoms with van der Waals surface area (Å²) in [5, 5.41) is 12.6. The molecule has 0 radical (unpaired) electrons. The number of nitrogens with one attached hydrogen (secondary N) is 1. The van der Waals surface area contributed by atoms with Crippen LogP contribution in [0.3, 0.4) is 0 Å². The van der Waals surface area contributed by atoms with E-state index in [2.05, 4.69) is 5.32 Å². The molecule has 2 N–H and O–H groups in total. The number of halogens is 1. The average molecular weight is 308 g/mol. The molecule has 0 heterocycles. The van der Waals surface area contributed by atoms with Crippen molar-refractivity contribution in [3.8, 4) is 0 Å². The lowest BCUT2D eigenvalue weighted by Gasteiger charge is -2.17. The fourth-order valence-electron chi connectivity index (χ4n) is 2.47. The predicted octanol–water partition coefficient (Wildman–Crippen LogP) is 2.95. The molecule has 5 heteroatoms. The Morgan fingerprint density at radius 2 is 1.71 bits per heavy atom. The number of benzene rings is 1. The largest absolute Gasteiger partial charge is 0.478 e. The normalized spacial score (nSPS) is 14.9. The molecule has 112 valence electrons. The lowest BCUT2D eigenvalue weighted by Crippen LogP contribution is -2.30. The van der Waals surface area contributed by atoms with Gasteiger partial charge in [-0.25, -0.2) is 4.79 Å². The molecule has 0 fully saturated rings. The van der Waals surface area contributed by atoms with Crippen LogP contribution in [0.15, 0.2) is 35.4 Å². The van der Waals surface area contributed by atoms with E-state index in [1.807, 2.05) is 24.3 Å². The summed E-state index contributed by atoms with van der Waals surface area (Å²) in [5.74, 6) is -1.22. The van der Waals surface area contributed by atoms with Gasteiger partial charge in [-0.2, -0.15) is 0 Å². The number of carboxylic acid groups (broad SMARTS) is 1. The fourth-order valence-corrected chi connectivity index (χ4v) is 2.60. The van der Waals surface area contributed by atoms with Crippen molar-refractivity contribution >= 4 is 23.5 Å². The van der Waals surface area contributed by atoms with Gasteiger partial charge in [0.1, 0.15) is 0 Å². The van der Waals surface area contributed by atoms with E-state index in [1.165, 1.54) is 0 Å². The molecule has 0 unspecified atom stereocenters. The van der Waals surface area contributed by atoms with E-state index in [9.17, 15) is 9.59 Å². The minimum absolute atomic E-state index is 0.249. The maximum atomic E-state index is 12.1. The summed E-state index contributed by atoms with van der Waals surface area (Å²) in [4.78, 5) is 23.2. The molecule has 0 spiro atoms. The van der Waals surface area contributed by atoms with Crippen LogP contribution in [0.2, 0.25) is 5.02 Å². The van der Waals surface area contributed by atoms with Crippen molar-refractivity contribution in [3.05, 3.63) is 46.0 Å². The third-order valence-electron chi connectivity index (χ3n) is 3.61. The molecule has 0 atom stereocenters. The summed E-state index contributed by atoms with van der Waals surface area (Å²) in [7, 11) is 0. The second-order valence-corrected chi connectivity index (χ2v) is 5.54. The molecule has 0 aliphatic heterocycles. The molecule has 1 amide bonds. The first-order valence-electron chi connectivity index (χ1n) is 7.06. The van der Waals surface area contributed by atoms with Crippen LogP contribution < -0.4 is 5.32 Å². The summed E-state index contributed by atoms with van der Waals surface area (Å²) < 4.78 is 0. The molecular formula is C16H18ClNO3. The number of carboxylic acids is 1. The fraction of sp³-hybridized carbons (Fsp3) is 0.375. The number of hydrogen-bond acceptors (Lipinski definition) is 2. The maximum absolute atomic E-state index is 12.1. The highest BCUT2D eigenvalue weighted by atomic mass is 35.5. The SMILES string of the molecule is O=C(O)C1=C(C(=O)NCCc2ccc(Cl)cc2)CCCC1. The smallest absolute Gasteiger partial charge is 0.332 e. The number of amides is 1. The third kappa shape index (κ3) is 4.33. The first kappa shape index (κ1) is 15.6. The number of aliphatic carboxylic acids is 1. The Hall–Kier alpha value is -1.81. The second-order valence-electron chi connectivity index (χ2n) is 5.10. The molecule has 0 bridgehead atoms. The molecule has 21 heavy (non-hydrogen) atoms. The number of hydrogen-bond donors (Lipinski definition) is 2. The molecule has 1 aromatic rings. The van der Waals surface area contributed by atoms with E-state index in [0.29, 0.717) is 36.4 Å². The topological polar surface area (TPSA) is 66.4 Å². The molecule has 1 aliphatic carbocycles. The van der Waals surface area contributed by atoms with Gasteiger partial charge in [-0.3, -0.25) is 4.79 Å². The second kappa shape index (κ2) is 7.27. The lowest BCUT2D eigenvalue weighted by molar-refractivity contribution is -0.133. The van der Waals surface area contributed by atoms with Gasteiger partial charge >= 0.3 is 5.97 Å². The quantitative estimate of drug-likeness (QED) is 0.879. The van der Waals surface area contributed by atoms with Crippen LogP contribution in [0.1, 0.15) is 31.2 Å². The van der Waals surface area contributed by atoms with E-state index < -0.39 is 5.97 Å². The highest BCUT2D eigenvalue weighted by Crippen LogP contribution is 2.25. The van der Waals surface area contributed by atoms with Crippen LogP contribution in [-0.2, 0) is 16.0 Å². The minimum Gasteiger partial charge on any atom is -0.478 e. The average Bonchev–Trinajstić information content (AvgIpc) is 2.49. The van der Waals surface area contributed by atoms with Crippen molar-refractivity contribution in [2.75, 3.05) is 6.54 Å². The predicted molar refractivity (Wildman–Crippen MR) is 81.3 cm³/mol. The van der Waals surface area contributed by atoms with Gasteiger partial charge in [0.15, 0.2) is 0 Å².